The van der Waals surface area contributed by atoms with E-state index in [1.807, 2.05) is 43.3 Å². The second-order valence-corrected chi connectivity index (χ2v) is 8.17. The molecule has 9 heteroatoms. The van der Waals surface area contributed by atoms with E-state index in [2.05, 4.69) is 27.9 Å². The van der Waals surface area contributed by atoms with Gasteiger partial charge in [-0.25, -0.2) is 9.59 Å². The molecule has 1 unspecified atom stereocenters. The van der Waals surface area contributed by atoms with Gasteiger partial charge in [-0.2, -0.15) is 5.10 Å². The average molecular weight is 463 g/mol. The van der Waals surface area contributed by atoms with Crippen molar-refractivity contribution in [3.8, 4) is 11.1 Å². The molecule has 4 rings (SSSR count). The van der Waals surface area contributed by atoms with E-state index < -0.39 is 23.9 Å². The summed E-state index contributed by atoms with van der Waals surface area (Å²) in [5.74, 6) is -2.26. The number of hydrogen-bond donors (Lipinski definition) is 3. The van der Waals surface area contributed by atoms with Gasteiger partial charge in [0.25, 0.3) is 0 Å². The molecule has 0 saturated heterocycles. The number of aromatic nitrogens is 2. The number of aryl methyl sites for hydroxylation is 1. The highest BCUT2D eigenvalue weighted by Crippen LogP contribution is 2.44. The van der Waals surface area contributed by atoms with Crippen molar-refractivity contribution in [1.29, 1.82) is 0 Å². The van der Waals surface area contributed by atoms with E-state index in [4.69, 9.17) is 4.74 Å². The van der Waals surface area contributed by atoms with Crippen LogP contribution in [-0.2, 0) is 16.6 Å². The maximum absolute atomic E-state index is 12.6. The van der Waals surface area contributed by atoms with Crippen molar-refractivity contribution in [3.05, 3.63) is 71.5 Å². The van der Waals surface area contributed by atoms with Crippen LogP contribution in [0.5, 0.6) is 0 Å². The van der Waals surface area contributed by atoms with E-state index in [9.17, 15) is 19.5 Å². The second kappa shape index (κ2) is 9.78. The Morgan fingerprint density at radius 2 is 1.71 bits per heavy atom. The summed E-state index contributed by atoms with van der Waals surface area (Å²) in [5, 5.41) is 18.3. The molecule has 3 N–H and O–H groups in total. The molecular formula is C25H26N4O5. The summed E-state index contributed by atoms with van der Waals surface area (Å²) in [5.41, 5.74) is 4.40. The molecule has 2 aromatic carbocycles. The molecule has 0 aliphatic heterocycles. The van der Waals surface area contributed by atoms with Crippen molar-refractivity contribution in [2.24, 2.45) is 13.0 Å². The molecule has 0 bridgehead atoms. The number of alkyl carbamates (subject to hydrolysis) is 1. The standard InChI is InChI=1S/C25H26N4O5/c1-3-15(23(30)27-21-13-29(2)28-22(21)24(31)32)12-26-25(33)34-14-20-18-10-6-4-8-16(18)17-9-5-7-11-19(17)20/h4-11,13,15,20H,3,12,14H2,1-2H3,(H,26,33)(H,27,30)(H,31,32). The van der Waals surface area contributed by atoms with E-state index in [-0.39, 0.29) is 30.5 Å². The summed E-state index contributed by atoms with van der Waals surface area (Å²) in [6, 6.07) is 16.2. The van der Waals surface area contributed by atoms with Crippen molar-refractivity contribution >= 4 is 23.7 Å². The quantitative estimate of drug-likeness (QED) is 0.470. The Morgan fingerprint density at radius 3 is 2.29 bits per heavy atom. The summed E-state index contributed by atoms with van der Waals surface area (Å²) < 4.78 is 6.83. The van der Waals surface area contributed by atoms with Crippen LogP contribution in [0.15, 0.2) is 54.7 Å². The van der Waals surface area contributed by atoms with E-state index >= 15 is 0 Å². The SMILES string of the molecule is CCC(CNC(=O)OCC1c2ccccc2-c2ccccc21)C(=O)Nc1cn(C)nc1C(=O)O. The molecular weight excluding hydrogens is 436 g/mol. The molecule has 0 spiro atoms. The number of fused-ring (bicyclic) bond motifs is 3. The lowest BCUT2D eigenvalue weighted by Gasteiger charge is -2.17. The zero-order valence-corrected chi connectivity index (χ0v) is 18.9. The number of carboxylic acid groups (broad SMARTS) is 1. The minimum atomic E-state index is -1.24. The van der Waals surface area contributed by atoms with Crippen LogP contribution in [-0.4, -0.2) is 46.0 Å². The molecule has 1 aliphatic rings. The van der Waals surface area contributed by atoms with Gasteiger partial charge in [-0.1, -0.05) is 55.5 Å². The first-order valence-corrected chi connectivity index (χ1v) is 11.1. The Labute approximate surface area is 196 Å². The van der Waals surface area contributed by atoms with Gasteiger partial charge < -0.3 is 20.5 Å². The first-order chi connectivity index (χ1) is 16.4. The lowest BCUT2D eigenvalue weighted by Crippen LogP contribution is -2.36. The third-order valence-electron chi connectivity index (χ3n) is 5.99. The van der Waals surface area contributed by atoms with Crippen LogP contribution >= 0.6 is 0 Å². The Morgan fingerprint density at radius 1 is 1.09 bits per heavy atom. The van der Waals surface area contributed by atoms with Crippen molar-refractivity contribution in [2.75, 3.05) is 18.5 Å². The topological polar surface area (TPSA) is 123 Å². The average Bonchev–Trinajstić information content (AvgIpc) is 3.35. The number of ether oxygens (including phenoxy) is 1. The Balaban J connectivity index is 1.34. The molecule has 34 heavy (non-hydrogen) atoms. The van der Waals surface area contributed by atoms with Gasteiger partial charge in [-0.15, -0.1) is 0 Å². The fourth-order valence-electron chi connectivity index (χ4n) is 4.25. The van der Waals surface area contributed by atoms with Crippen LogP contribution < -0.4 is 10.6 Å². The number of rotatable bonds is 8. The predicted octanol–water partition coefficient (Wildman–Crippen LogP) is 3.62. The first kappa shape index (κ1) is 23.0. The number of hydrogen-bond acceptors (Lipinski definition) is 5. The molecule has 0 saturated carbocycles. The third kappa shape index (κ3) is 4.63. The molecule has 1 aromatic heterocycles. The highest BCUT2D eigenvalue weighted by molar-refractivity contribution is 6.00. The van der Waals surface area contributed by atoms with Crippen LogP contribution in [0.4, 0.5) is 10.5 Å². The van der Waals surface area contributed by atoms with Crippen LogP contribution in [0.25, 0.3) is 11.1 Å². The zero-order chi connectivity index (χ0) is 24.2. The largest absolute Gasteiger partial charge is 0.476 e. The van der Waals surface area contributed by atoms with Crippen molar-refractivity contribution in [3.63, 3.8) is 0 Å². The summed E-state index contributed by atoms with van der Waals surface area (Å²) in [4.78, 5) is 36.4. The van der Waals surface area contributed by atoms with E-state index in [1.54, 1.807) is 7.05 Å². The number of carboxylic acids is 1. The van der Waals surface area contributed by atoms with Gasteiger partial charge in [-0.05, 0) is 28.7 Å². The monoisotopic (exact) mass is 462 g/mol. The minimum Gasteiger partial charge on any atom is -0.476 e. The van der Waals surface area contributed by atoms with Gasteiger partial charge in [0.2, 0.25) is 5.91 Å². The molecule has 3 aromatic rings. The van der Waals surface area contributed by atoms with E-state index in [1.165, 1.54) is 10.9 Å². The number of anilines is 1. The fraction of sp³-hybridized carbons (Fsp3) is 0.280. The first-order valence-electron chi connectivity index (χ1n) is 11.1. The number of amides is 2. The molecule has 0 fully saturated rings. The molecule has 176 valence electrons. The number of nitrogens with zero attached hydrogens (tertiary/aromatic N) is 2. The van der Waals surface area contributed by atoms with Crippen LogP contribution in [0.2, 0.25) is 0 Å². The Bertz CT molecular complexity index is 1190. The molecule has 9 nitrogen and oxygen atoms in total. The smallest absolute Gasteiger partial charge is 0.407 e. The third-order valence-corrected chi connectivity index (χ3v) is 5.99. The van der Waals surface area contributed by atoms with Gasteiger partial charge in [0.1, 0.15) is 6.61 Å². The lowest BCUT2D eigenvalue weighted by atomic mass is 9.98. The zero-order valence-electron chi connectivity index (χ0n) is 18.9. The predicted molar refractivity (Wildman–Crippen MR) is 126 cm³/mol. The van der Waals surface area contributed by atoms with Crippen LogP contribution in [0, 0.1) is 5.92 Å². The Hall–Kier alpha value is -4.14. The molecule has 1 heterocycles. The number of nitrogens with one attached hydrogen (secondary N) is 2. The summed E-state index contributed by atoms with van der Waals surface area (Å²) >= 11 is 0. The highest BCUT2D eigenvalue weighted by Gasteiger charge is 2.29. The van der Waals surface area contributed by atoms with Crippen molar-refractivity contribution in [1.82, 2.24) is 15.1 Å². The molecule has 1 atom stereocenters. The summed E-state index contributed by atoms with van der Waals surface area (Å²) in [7, 11) is 1.57. The molecule has 1 aliphatic carbocycles. The summed E-state index contributed by atoms with van der Waals surface area (Å²) in [6.45, 7) is 2.05. The number of carbonyl (C=O) groups is 3. The van der Waals surface area contributed by atoms with Gasteiger partial charge >= 0.3 is 12.1 Å². The number of benzene rings is 2. The number of carbonyl (C=O) groups excluding carboxylic acids is 2. The highest BCUT2D eigenvalue weighted by atomic mass is 16.5. The van der Waals surface area contributed by atoms with Crippen LogP contribution in [0.1, 0.15) is 40.9 Å². The van der Waals surface area contributed by atoms with Crippen LogP contribution in [0.3, 0.4) is 0 Å². The normalized spacial score (nSPS) is 13.0. The minimum absolute atomic E-state index is 0.0524. The van der Waals surface area contributed by atoms with Gasteiger partial charge in [0.05, 0.1) is 11.6 Å². The molecule has 0 radical (unpaired) electrons. The van der Waals surface area contributed by atoms with Crippen molar-refractivity contribution in [2.45, 2.75) is 19.3 Å². The maximum atomic E-state index is 12.6. The van der Waals surface area contributed by atoms with Gasteiger partial charge in [-0.3, -0.25) is 9.48 Å². The lowest BCUT2D eigenvalue weighted by molar-refractivity contribution is -0.119. The van der Waals surface area contributed by atoms with Gasteiger partial charge in [0, 0.05) is 25.7 Å². The fourth-order valence-corrected chi connectivity index (χ4v) is 4.25. The van der Waals surface area contributed by atoms with E-state index in [0.29, 0.717) is 6.42 Å². The summed E-state index contributed by atoms with van der Waals surface area (Å²) in [6.07, 6.45) is 1.26. The maximum Gasteiger partial charge on any atom is 0.407 e. The second-order valence-electron chi connectivity index (χ2n) is 8.17. The molecule has 2 amide bonds. The Kier molecular flexibility index (Phi) is 6.62. The van der Waals surface area contributed by atoms with Crippen molar-refractivity contribution < 1.29 is 24.2 Å². The van der Waals surface area contributed by atoms with E-state index in [0.717, 1.165) is 22.3 Å². The number of aromatic carboxylic acids is 1. The van der Waals surface area contributed by atoms with Gasteiger partial charge in [0.15, 0.2) is 5.69 Å².